The van der Waals surface area contributed by atoms with Crippen LogP contribution in [0.5, 0.6) is 0 Å². The third kappa shape index (κ3) is 5.64. The van der Waals surface area contributed by atoms with E-state index in [9.17, 15) is 14.0 Å². The van der Waals surface area contributed by atoms with Crippen LogP contribution in [-0.4, -0.2) is 17.9 Å². The van der Waals surface area contributed by atoms with Gasteiger partial charge in [0.15, 0.2) is 0 Å². The summed E-state index contributed by atoms with van der Waals surface area (Å²) < 4.78 is 13.0. The molecule has 2 rings (SSSR count). The summed E-state index contributed by atoms with van der Waals surface area (Å²) in [5, 5.41) is 5.51. The molecule has 4 nitrogen and oxygen atoms in total. The molecular formula is C22H27FN2O2. The normalized spacial score (nSPS) is 12.6. The molecule has 0 unspecified atom stereocenters. The molecule has 0 heterocycles. The van der Waals surface area contributed by atoms with Gasteiger partial charge in [0, 0.05) is 11.3 Å². The van der Waals surface area contributed by atoms with E-state index >= 15 is 0 Å². The zero-order chi connectivity index (χ0) is 20.2. The topological polar surface area (TPSA) is 58.2 Å². The van der Waals surface area contributed by atoms with Gasteiger partial charge >= 0.3 is 0 Å². The van der Waals surface area contributed by atoms with E-state index in [4.69, 9.17) is 0 Å². The maximum atomic E-state index is 13.0. The predicted molar refractivity (Wildman–Crippen MR) is 106 cm³/mol. The number of nitrogens with one attached hydrogen (secondary N) is 2. The van der Waals surface area contributed by atoms with E-state index in [0.29, 0.717) is 11.3 Å². The highest BCUT2D eigenvalue weighted by atomic mass is 19.1. The molecule has 0 spiro atoms. The highest BCUT2D eigenvalue weighted by Gasteiger charge is 2.25. The summed E-state index contributed by atoms with van der Waals surface area (Å²) in [5.74, 6) is -1.12. The molecule has 0 aliphatic rings. The number of hydrogen-bond acceptors (Lipinski definition) is 2. The molecule has 2 aromatic carbocycles. The molecular weight excluding hydrogens is 343 g/mol. The number of halogens is 1. The van der Waals surface area contributed by atoms with Gasteiger partial charge in [-0.25, -0.2) is 4.39 Å². The fourth-order valence-electron chi connectivity index (χ4n) is 2.63. The summed E-state index contributed by atoms with van der Waals surface area (Å²) in [4.78, 5) is 25.2. The van der Waals surface area contributed by atoms with E-state index in [1.54, 1.807) is 12.1 Å². The summed E-state index contributed by atoms with van der Waals surface area (Å²) in [7, 11) is 0. The third-order valence-electron chi connectivity index (χ3n) is 4.36. The lowest BCUT2D eigenvalue weighted by Crippen LogP contribution is -2.47. The molecule has 5 heteroatoms. The highest BCUT2D eigenvalue weighted by molar-refractivity contribution is 6.01. The van der Waals surface area contributed by atoms with Gasteiger partial charge in [-0.1, -0.05) is 46.8 Å². The number of amides is 2. The van der Waals surface area contributed by atoms with Gasteiger partial charge < -0.3 is 10.6 Å². The van der Waals surface area contributed by atoms with E-state index in [1.807, 2.05) is 26.0 Å². The Kier molecular flexibility index (Phi) is 6.37. The molecule has 0 radical (unpaired) electrons. The molecule has 0 aliphatic carbocycles. The van der Waals surface area contributed by atoms with Crippen LogP contribution in [0.25, 0.3) is 0 Å². The first-order chi connectivity index (χ1) is 12.6. The van der Waals surface area contributed by atoms with Crippen LogP contribution in [0.3, 0.4) is 0 Å². The molecule has 0 saturated heterocycles. The Balaban J connectivity index is 2.09. The van der Waals surface area contributed by atoms with Gasteiger partial charge in [-0.05, 0) is 53.3 Å². The molecule has 2 aromatic rings. The summed E-state index contributed by atoms with van der Waals surface area (Å²) in [6.07, 6.45) is 0. The first kappa shape index (κ1) is 20.6. The number of hydrogen-bond donors (Lipinski definition) is 2. The van der Waals surface area contributed by atoms with E-state index in [1.165, 1.54) is 24.3 Å². The molecule has 144 valence electrons. The van der Waals surface area contributed by atoms with Crippen molar-refractivity contribution in [3.05, 3.63) is 65.5 Å². The Morgan fingerprint density at radius 1 is 0.926 bits per heavy atom. The zero-order valence-electron chi connectivity index (χ0n) is 16.5. The lowest BCUT2D eigenvalue weighted by Gasteiger charge is -2.22. The average molecular weight is 370 g/mol. The number of carbonyl (C=O) groups excluding carboxylic acids is 2. The minimum absolute atomic E-state index is 0.00448. The Bertz CT molecular complexity index is 791. The average Bonchev–Trinajstić information content (AvgIpc) is 2.60. The van der Waals surface area contributed by atoms with E-state index in [0.717, 1.165) is 5.56 Å². The maximum absolute atomic E-state index is 13.0. The smallest absolute Gasteiger partial charge is 0.251 e. The Morgan fingerprint density at radius 2 is 1.48 bits per heavy atom. The molecule has 0 aromatic heterocycles. The second-order valence-electron chi connectivity index (χ2n) is 8.02. The quantitative estimate of drug-likeness (QED) is 0.813. The lowest BCUT2D eigenvalue weighted by atomic mass is 9.86. The maximum Gasteiger partial charge on any atom is 0.251 e. The van der Waals surface area contributed by atoms with E-state index < -0.39 is 6.04 Å². The van der Waals surface area contributed by atoms with Gasteiger partial charge in [0.1, 0.15) is 11.9 Å². The number of anilines is 1. The fourth-order valence-corrected chi connectivity index (χ4v) is 2.63. The molecule has 1 atom stereocenters. The number of carbonyl (C=O) groups is 2. The lowest BCUT2D eigenvalue weighted by molar-refractivity contribution is -0.118. The van der Waals surface area contributed by atoms with Gasteiger partial charge in [0.05, 0.1) is 0 Å². The van der Waals surface area contributed by atoms with E-state index in [-0.39, 0.29) is 29.0 Å². The van der Waals surface area contributed by atoms with Crippen molar-refractivity contribution in [3.63, 3.8) is 0 Å². The van der Waals surface area contributed by atoms with Crippen molar-refractivity contribution in [1.29, 1.82) is 0 Å². The second-order valence-corrected chi connectivity index (χ2v) is 8.02. The van der Waals surface area contributed by atoms with Gasteiger partial charge in [0.25, 0.3) is 5.91 Å². The van der Waals surface area contributed by atoms with E-state index in [2.05, 4.69) is 31.4 Å². The van der Waals surface area contributed by atoms with Crippen LogP contribution in [0.4, 0.5) is 10.1 Å². The van der Waals surface area contributed by atoms with Crippen molar-refractivity contribution in [2.45, 2.75) is 46.1 Å². The minimum Gasteiger partial charge on any atom is -0.340 e. The highest BCUT2D eigenvalue weighted by Crippen LogP contribution is 2.22. The number of benzene rings is 2. The van der Waals surface area contributed by atoms with Crippen LogP contribution in [0, 0.1) is 11.7 Å². The van der Waals surface area contributed by atoms with Crippen molar-refractivity contribution in [2.24, 2.45) is 5.92 Å². The van der Waals surface area contributed by atoms with Gasteiger partial charge in [0.2, 0.25) is 5.91 Å². The number of rotatable bonds is 5. The summed E-state index contributed by atoms with van der Waals surface area (Å²) in [5.41, 5.74) is 2.12. The standard InChI is InChI=1S/C22H27FN2O2/c1-14(2)19(21(27)24-18-12-10-17(23)11-13-18)25-20(26)15-6-8-16(9-7-15)22(3,4)5/h6-14,19H,1-5H3,(H,24,27)(H,25,26)/t19-/m0/s1. The molecule has 27 heavy (non-hydrogen) atoms. The monoisotopic (exact) mass is 370 g/mol. The van der Waals surface area contributed by atoms with Crippen LogP contribution in [0.2, 0.25) is 0 Å². The molecule has 0 fully saturated rings. The first-order valence-electron chi connectivity index (χ1n) is 9.06. The van der Waals surface area contributed by atoms with Crippen molar-refractivity contribution in [3.8, 4) is 0 Å². The summed E-state index contributed by atoms with van der Waals surface area (Å²) in [6.45, 7) is 10.0. The SMILES string of the molecule is CC(C)[C@H](NC(=O)c1ccc(C(C)(C)C)cc1)C(=O)Nc1ccc(F)cc1. The van der Waals surface area contributed by atoms with Gasteiger partial charge in [-0.15, -0.1) is 0 Å². The van der Waals surface area contributed by atoms with Gasteiger partial charge in [-0.3, -0.25) is 9.59 Å². The zero-order valence-corrected chi connectivity index (χ0v) is 16.5. The molecule has 0 saturated carbocycles. The summed E-state index contributed by atoms with van der Waals surface area (Å²) >= 11 is 0. The first-order valence-corrected chi connectivity index (χ1v) is 9.06. The Hall–Kier alpha value is -2.69. The fraction of sp³-hybridized carbons (Fsp3) is 0.364. The van der Waals surface area contributed by atoms with Gasteiger partial charge in [-0.2, -0.15) is 0 Å². The minimum atomic E-state index is -0.704. The molecule has 0 aliphatic heterocycles. The van der Waals surface area contributed by atoms with Crippen LogP contribution in [0.1, 0.15) is 50.5 Å². The molecule has 2 amide bonds. The van der Waals surface area contributed by atoms with Crippen molar-refractivity contribution < 1.29 is 14.0 Å². The van der Waals surface area contributed by atoms with Crippen molar-refractivity contribution in [2.75, 3.05) is 5.32 Å². The second kappa shape index (κ2) is 8.33. The van der Waals surface area contributed by atoms with Crippen molar-refractivity contribution >= 4 is 17.5 Å². The largest absolute Gasteiger partial charge is 0.340 e. The van der Waals surface area contributed by atoms with Crippen molar-refractivity contribution in [1.82, 2.24) is 5.32 Å². The Morgan fingerprint density at radius 3 is 1.96 bits per heavy atom. The third-order valence-corrected chi connectivity index (χ3v) is 4.36. The van der Waals surface area contributed by atoms with Crippen LogP contribution in [-0.2, 0) is 10.2 Å². The summed E-state index contributed by atoms with van der Waals surface area (Å²) in [6, 6.07) is 12.2. The van der Waals surface area contributed by atoms with Crippen LogP contribution in [0.15, 0.2) is 48.5 Å². The molecule has 0 bridgehead atoms. The van der Waals surface area contributed by atoms with Crippen LogP contribution >= 0.6 is 0 Å². The van der Waals surface area contributed by atoms with Crippen LogP contribution < -0.4 is 10.6 Å². The Labute approximate surface area is 160 Å². The predicted octanol–water partition coefficient (Wildman–Crippen LogP) is 4.52. The molecule has 2 N–H and O–H groups in total.